The van der Waals surface area contributed by atoms with E-state index in [4.69, 9.17) is 22.2 Å². The van der Waals surface area contributed by atoms with Crippen LogP contribution in [0.1, 0.15) is 19.2 Å². The fourth-order valence-corrected chi connectivity index (χ4v) is 2.00. The van der Waals surface area contributed by atoms with Gasteiger partial charge >= 0.3 is 0 Å². The number of halogens is 1. The monoisotopic (exact) mass is 307 g/mol. The highest BCUT2D eigenvalue weighted by Gasteiger charge is 2.07. The molecule has 21 heavy (non-hydrogen) atoms. The lowest BCUT2D eigenvalue weighted by atomic mass is 10.3. The molecule has 0 atom stereocenters. The molecule has 1 aromatic carbocycles. The first kappa shape index (κ1) is 15.3. The van der Waals surface area contributed by atoms with Gasteiger partial charge in [-0.2, -0.15) is 0 Å². The number of anilines is 3. The minimum atomic E-state index is 0.551. The molecule has 0 saturated heterocycles. The van der Waals surface area contributed by atoms with Crippen LogP contribution in [0, 0.1) is 0 Å². The molecule has 0 aliphatic carbocycles. The summed E-state index contributed by atoms with van der Waals surface area (Å²) < 4.78 is 5.19. The Kier molecular flexibility index (Phi) is 5.19. The average Bonchev–Trinajstić information content (AvgIpc) is 2.49. The second kappa shape index (κ2) is 7.10. The van der Waals surface area contributed by atoms with Gasteiger partial charge in [0.15, 0.2) is 0 Å². The Morgan fingerprint density at radius 3 is 2.67 bits per heavy atom. The molecule has 0 fully saturated rings. The van der Waals surface area contributed by atoms with E-state index < -0.39 is 0 Å². The number of nitrogens with two attached hydrogens (primary N) is 1. The van der Waals surface area contributed by atoms with E-state index >= 15 is 0 Å². The molecule has 0 aliphatic rings. The number of rotatable bonds is 6. The van der Waals surface area contributed by atoms with Crippen LogP contribution in [-0.4, -0.2) is 17.1 Å². The fourth-order valence-electron chi connectivity index (χ4n) is 1.84. The normalized spacial score (nSPS) is 10.3. The second-order valence-corrected chi connectivity index (χ2v) is 4.83. The smallest absolute Gasteiger partial charge is 0.145 e. The van der Waals surface area contributed by atoms with Crippen molar-refractivity contribution >= 4 is 28.9 Å². The molecule has 1 aromatic heterocycles. The van der Waals surface area contributed by atoms with Crippen LogP contribution in [0.15, 0.2) is 24.3 Å². The summed E-state index contributed by atoms with van der Waals surface area (Å²) in [5.74, 6) is 8.04. The number of nitrogens with one attached hydrogen (secondary N) is 2. The Labute approximate surface area is 128 Å². The largest absolute Gasteiger partial charge is 0.497 e. The Balaban J connectivity index is 2.32. The quantitative estimate of drug-likeness (QED) is 0.561. The van der Waals surface area contributed by atoms with Crippen molar-refractivity contribution in [1.82, 2.24) is 9.97 Å². The van der Waals surface area contributed by atoms with Gasteiger partial charge in [-0.3, -0.25) is 0 Å². The number of aryl methyl sites for hydroxylation is 1. The Morgan fingerprint density at radius 1 is 1.24 bits per heavy atom. The van der Waals surface area contributed by atoms with Crippen molar-refractivity contribution in [2.75, 3.05) is 17.9 Å². The maximum atomic E-state index is 6.18. The summed E-state index contributed by atoms with van der Waals surface area (Å²) in [5.41, 5.74) is 3.25. The number of nitrogens with zero attached hydrogens (tertiary/aromatic N) is 2. The highest BCUT2D eigenvalue weighted by Crippen LogP contribution is 2.29. The first-order valence-corrected chi connectivity index (χ1v) is 6.99. The molecule has 2 rings (SSSR count). The van der Waals surface area contributed by atoms with E-state index in [9.17, 15) is 0 Å². The number of ether oxygens (including phenoxy) is 1. The van der Waals surface area contributed by atoms with Gasteiger partial charge in [-0.25, -0.2) is 15.8 Å². The van der Waals surface area contributed by atoms with E-state index in [0.29, 0.717) is 28.1 Å². The number of methoxy groups -OCH3 is 1. The van der Waals surface area contributed by atoms with Crippen LogP contribution in [0.2, 0.25) is 5.02 Å². The molecule has 0 saturated carbocycles. The molecule has 2 aromatic rings. The van der Waals surface area contributed by atoms with Crippen LogP contribution >= 0.6 is 11.6 Å². The van der Waals surface area contributed by atoms with Crippen molar-refractivity contribution in [3.63, 3.8) is 0 Å². The summed E-state index contributed by atoms with van der Waals surface area (Å²) in [6.07, 6.45) is 1.73. The molecule has 0 radical (unpaired) electrons. The Hall–Kier alpha value is -2.05. The van der Waals surface area contributed by atoms with Gasteiger partial charge in [0.05, 0.1) is 17.8 Å². The van der Waals surface area contributed by atoms with E-state index in [0.717, 1.165) is 18.7 Å². The highest BCUT2D eigenvalue weighted by atomic mass is 35.5. The lowest BCUT2D eigenvalue weighted by molar-refractivity contribution is 0.415. The molecule has 4 N–H and O–H groups in total. The average molecular weight is 308 g/mol. The highest BCUT2D eigenvalue weighted by molar-refractivity contribution is 6.33. The summed E-state index contributed by atoms with van der Waals surface area (Å²) in [4.78, 5) is 8.74. The van der Waals surface area contributed by atoms with E-state index in [1.165, 1.54) is 0 Å². The van der Waals surface area contributed by atoms with Gasteiger partial charge in [-0.15, -0.1) is 0 Å². The van der Waals surface area contributed by atoms with Gasteiger partial charge in [-0.05, 0) is 18.6 Å². The molecule has 7 heteroatoms. The molecule has 0 unspecified atom stereocenters. The van der Waals surface area contributed by atoms with Crippen LogP contribution in [0.5, 0.6) is 5.75 Å². The maximum Gasteiger partial charge on any atom is 0.145 e. The van der Waals surface area contributed by atoms with Gasteiger partial charge in [0.25, 0.3) is 0 Å². The van der Waals surface area contributed by atoms with Gasteiger partial charge in [-0.1, -0.05) is 18.5 Å². The van der Waals surface area contributed by atoms with Gasteiger partial charge in [0, 0.05) is 18.6 Å². The molecule has 6 nitrogen and oxygen atoms in total. The molecule has 1 heterocycles. The van der Waals surface area contributed by atoms with Crippen LogP contribution < -0.4 is 21.3 Å². The van der Waals surface area contributed by atoms with Crippen molar-refractivity contribution in [2.45, 2.75) is 19.8 Å². The number of hydrogen-bond acceptors (Lipinski definition) is 6. The van der Waals surface area contributed by atoms with Crippen molar-refractivity contribution in [1.29, 1.82) is 0 Å². The van der Waals surface area contributed by atoms with Gasteiger partial charge < -0.3 is 15.5 Å². The van der Waals surface area contributed by atoms with E-state index in [2.05, 4.69) is 27.6 Å². The minimum absolute atomic E-state index is 0.551. The maximum absolute atomic E-state index is 6.18. The predicted octanol–water partition coefficient (Wildman–Crippen LogP) is 3.12. The fraction of sp³-hybridized carbons (Fsp3) is 0.286. The first-order chi connectivity index (χ1) is 10.2. The number of aromatic nitrogens is 2. The summed E-state index contributed by atoms with van der Waals surface area (Å²) in [5, 5.41) is 3.74. The lowest BCUT2D eigenvalue weighted by Crippen LogP contribution is -2.11. The third-order valence-corrected chi connectivity index (χ3v) is 3.16. The number of hydrogen-bond donors (Lipinski definition) is 3. The SMILES string of the molecule is CCCc1nc(NN)cc(Nc2cc(OC)ccc2Cl)n1. The number of hydrazine groups is 1. The zero-order chi connectivity index (χ0) is 15.2. The zero-order valence-electron chi connectivity index (χ0n) is 12.0. The summed E-state index contributed by atoms with van der Waals surface area (Å²) in [6, 6.07) is 7.08. The van der Waals surface area contributed by atoms with Gasteiger partial charge in [0.2, 0.25) is 0 Å². The molecule has 0 bridgehead atoms. The van der Waals surface area contributed by atoms with Crippen molar-refractivity contribution in [2.24, 2.45) is 5.84 Å². The Morgan fingerprint density at radius 2 is 2.00 bits per heavy atom. The third-order valence-electron chi connectivity index (χ3n) is 2.83. The summed E-state index contributed by atoms with van der Waals surface area (Å²) in [7, 11) is 1.60. The predicted molar refractivity (Wildman–Crippen MR) is 85.1 cm³/mol. The van der Waals surface area contributed by atoms with Crippen LogP contribution in [0.4, 0.5) is 17.3 Å². The zero-order valence-corrected chi connectivity index (χ0v) is 12.7. The van der Waals surface area contributed by atoms with Crippen LogP contribution in [0.25, 0.3) is 0 Å². The van der Waals surface area contributed by atoms with Crippen molar-refractivity contribution in [3.05, 3.63) is 35.1 Å². The standard InChI is InChI=1S/C14H18ClN5O/c1-3-4-12-18-13(8-14(19-12)20-16)17-11-7-9(21-2)5-6-10(11)15/h5-8H,3-4,16H2,1-2H3,(H2,17,18,19,20). The van der Waals surface area contributed by atoms with E-state index in [-0.39, 0.29) is 0 Å². The first-order valence-electron chi connectivity index (χ1n) is 6.61. The van der Waals surface area contributed by atoms with Crippen LogP contribution in [-0.2, 0) is 6.42 Å². The lowest BCUT2D eigenvalue weighted by Gasteiger charge is -2.11. The molecular formula is C14H18ClN5O. The summed E-state index contributed by atoms with van der Waals surface area (Å²) in [6.45, 7) is 2.07. The Bertz CT molecular complexity index is 620. The number of nitrogen functional groups attached to an aromatic ring is 1. The molecule has 0 aliphatic heterocycles. The van der Waals surface area contributed by atoms with Crippen LogP contribution in [0.3, 0.4) is 0 Å². The van der Waals surface area contributed by atoms with E-state index in [1.807, 2.05) is 0 Å². The third kappa shape index (κ3) is 3.96. The molecular weight excluding hydrogens is 290 g/mol. The molecule has 112 valence electrons. The topological polar surface area (TPSA) is 85.1 Å². The van der Waals surface area contributed by atoms with Gasteiger partial charge in [0.1, 0.15) is 23.2 Å². The van der Waals surface area contributed by atoms with Crippen molar-refractivity contribution < 1.29 is 4.74 Å². The minimum Gasteiger partial charge on any atom is -0.497 e. The summed E-state index contributed by atoms with van der Waals surface area (Å²) >= 11 is 6.18. The molecule has 0 spiro atoms. The number of benzene rings is 1. The van der Waals surface area contributed by atoms with E-state index in [1.54, 1.807) is 31.4 Å². The molecule has 0 amide bonds. The second-order valence-electron chi connectivity index (χ2n) is 4.42. The van der Waals surface area contributed by atoms with Crippen molar-refractivity contribution in [3.8, 4) is 5.75 Å².